The second-order valence-corrected chi connectivity index (χ2v) is 6.52. The summed E-state index contributed by atoms with van der Waals surface area (Å²) in [5, 5.41) is 3.90. The van der Waals surface area contributed by atoms with Crippen molar-refractivity contribution >= 4 is 28.5 Å². The zero-order chi connectivity index (χ0) is 18.8. The predicted molar refractivity (Wildman–Crippen MR) is 102 cm³/mol. The Bertz CT molecular complexity index is 962. The number of anilines is 1. The maximum absolute atomic E-state index is 12.6. The highest BCUT2D eigenvalue weighted by molar-refractivity contribution is 6.00. The lowest BCUT2D eigenvalue weighted by Gasteiger charge is -2.22. The third-order valence-electron chi connectivity index (χ3n) is 4.58. The van der Waals surface area contributed by atoms with Crippen LogP contribution >= 0.6 is 0 Å². The minimum absolute atomic E-state index is 0.0657. The van der Waals surface area contributed by atoms with E-state index in [1.54, 1.807) is 12.1 Å². The molecule has 27 heavy (non-hydrogen) atoms. The summed E-state index contributed by atoms with van der Waals surface area (Å²) in [5.74, 6) is 0.899. The molecule has 2 heterocycles. The highest BCUT2D eigenvalue weighted by Crippen LogP contribution is 2.31. The number of carbonyl (C=O) groups excluding carboxylic acids is 2. The van der Waals surface area contributed by atoms with Crippen molar-refractivity contribution < 1.29 is 18.7 Å². The summed E-state index contributed by atoms with van der Waals surface area (Å²) in [6, 6.07) is 16.6. The largest absolute Gasteiger partial charge is 0.491 e. The molecule has 0 aliphatic carbocycles. The van der Waals surface area contributed by atoms with Gasteiger partial charge in [-0.05, 0) is 31.2 Å². The van der Waals surface area contributed by atoms with E-state index in [9.17, 15) is 9.59 Å². The van der Waals surface area contributed by atoms with Crippen LogP contribution < -0.4 is 15.0 Å². The molecule has 1 N–H and O–H groups in total. The number of nitrogens with one attached hydrogen (secondary N) is 1. The van der Waals surface area contributed by atoms with Crippen LogP contribution in [0, 0.1) is 0 Å². The Morgan fingerprint density at radius 2 is 1.96 bits per heavy atom. The van der Waals surface area contributed by atoms with Gasteiger partial charge in [-0.15, -0.1) is 0 Å². The number of amides is 2. The van der Waals surface area contributed by atoms with Crippen LogP contribution in [-0.4, -0.2) is 25.0 Å². The number of hydrogen-bond acceptors (Lipinski definition) is 4. The van der Waals surface area contributed by atoms with E-state index in [1.165, 1.54) is 4.90 Å². The van der Waals surface area contributed by atoms with E-state index in [4.69, 9.17) is 9.15 Å². The van der Waals surface area contributed by atoms with E-state index in [0.717, 1.165) is 11.0 Å². The molecule has 2 amide bonds. The Morgan fingerprint density at radius 3 is 2.81 bits per heavy atom. The third-order valence-corrected chi connectivity index (χ3v) is 4.58. The molecule has 0 saturated carbocycles. The molecule has 0 fully saturated rings. The molecule has 0 radical (unpaired) electrons. The molecule has 1 aliphatic heterocycles. The Hall–Kier alpha value is -3.28. The van der Waals surface area contributed by atoms with Crippen LogP contribution in [0.5, 0.6) is 5.75 Å². The number of nitrogens with zero attached hydrogens (tertiary/aromatic N) is 1. The van der Waals surface area contributed by atoms with Gasteiger partial charge < -0.3 is 14.5 Å². The van der Waals surface area contributed by atoms with Crippen molar-refractivity contribution in [1.29, 1.82) is 0 Å². The highest BCUT2D eigenvalue weighted by Gasteiger charge is 2.26. The summed E-state index contributed by atoms with van der Waals surface area (Å²) >= 11 is 0. The smallest absolute Gasteiger partial charge is 0.240 e. The lowest BCUT2D eigenvalue weighted by Crippen LogP contribution is -2.41. The molecule has 0 saturated heterocycles. The molecule has 138 valence electrons. The van der Waals surface area contributed by atoms with Crippen molar-refractivity contribution in [2.45, 2.75) is 19.4 Å². The molecular weight excluding hydrogens is 344 g/mol. The van der Waals surface area contributed by atoms with Crippen LogP contribution in [0.4, 0.5) is 5.69 Å². The van der Waals surface area contributed by atoms with Gasteiger partial charge in [-0.25, -0.2) is 0 Å². The fourth-order valence-electron chi connectivity index (χ4n) is 3.21. The average Bonchev–Trinajstić information content (AvgIpc) is 3.04. The number of fused-ring (bicyclic) bond motifs is 2. The van der Waals surface area contributed by atoms with Crippen molar-refractivity contribution in [3.8, 4) is 5.75 Å². The van der Waals surface area contributed by atoms with E-state index >= 15 is 0 Å². The van der Waals surface area contributed by atoms with E-state index in [1.807, 2.05) is 49.4 Å². The van der Waals surface area contributed by atoms with Crippen molar-refractivity contribution in [2.24, 2.45) is 0 Å². The molecule has 1 atom stereocenters. The van der Waals surface area contributed by atoms with E-state index in [0.29, 0.717) is 23.8 Å². The normalized spacial score (nSPS) is 15.0. The highest BCUT2D eigenvalue weighted by atomic mass is 16.5. The molecule has 6 nitrogen and oxygen atoms in total. The van der Waals surface area contributed by atoms with E-state index < -0.39 is 0 Å². The van der Waals surface area contributed by atoms with Crippen LogP contribution in [0.1, 0.15) is 25.1 Å². The number of hydrogen-bond donors (Lipinski definition) is 1. The van der Waals surface area contributed by atoms with Crippen LogP contribution in [0.2, 0.25) is 0 Å². The second kappa shape index (κ2) is 7.15. The molecule has 0 spiro atoms. The molecule has 3 aromatic rings. The number of para-hydroxylation sites is 3. The lowest BCUT2D eigenvalue weighted by molar-refractivity contribution is -0.124. The van der Waals surface area contributed by atoms with Gasteiger partial charge in [0.1, 0.15) is 23.6 Å². The van der Waals surface area contributed by atoms with Crippen LogP contribution in [0.25, 0.3) is 11.0 Å². The molecule has 1 aliphatic rings. The molecule has 0 bridgehead atoms. The van der Waals surface area contributed by atoms with E-state index in [2.05, 4.69) is 5.32 Å². The van der Waals surface area contributed by atoms with Gasteiger partial charge in [-0.3, -0.25) is 14.5 Å². The minimum Gasteiger partial charge on any atom is -0.491 e. The molecule has 0 unspecified atom stereocenters. The molecule has 1 aromatic heterocycles. The third kappa shape index (κ3) is 3.51. The maximum Gasteiger partial charge on any atom is 0.240 e. The summed E-state index contributed by atoms with van der Waals surface area (Å²) in [6.07, 6.45) is 0.237. The first-order valence-electron chi connectivity index (χ1n) is 8.92. The zero-order valence-electron chi connectivity index (χ0n) is 15.0. The van der Waals surface area contributed by atoms with Gasteiger partial charge in [0.2, 0.25) is 11.8 Å². The molecule has 4 rings (SSSR count). The minimum atomic E-state index is -0.307. The lowest BCUT2D eigenvalue weighted by atomic mass is 10.2. The monoisotopic (exact) mass is 364 g/mol. The zero-order valence-corrected chi connectivity index (χ0v) is 15.0. The van der Waals surface area contributed by atoms with Gasteiger partial charge in [0.25, 0.3) is 0 Å². The molecular formula is C21H20N2O4. The first-order valence-corrected chi connectivity index (χ1v) is 8.92. The van der Waals surface area contributed by atoms with Gasteiger partial charge in [0, 0.05) is 5.39 Å². The summed E-state index contributed by atoms with van der Waals surface area (Å²) < 4.78 is 11.4. The number of benzene rings is 2. The van der Waals surface area contributed by atoms with Crippen LogP contribution in [0.3, 0.4) is 0 Å². The van der Waals surface area contributed by atoms with Gasteiger partial charge in [0.15, 0.2) is 0 Å². The van der Waals surface area contributed by atoms with Gasteiger partial charge >= 0.3 is 0 Å². The Kier molecular flexibility index (Phi) is 4.54. The summed E-state index contributed by atoms with van der Waals surface area (Å²) in [4.78, 5) is 26.5. The molecule has 6 heteroatoms. The number of ether oxygens (including phenoxy) is 1. The summed E-state index contributed by atoms with van der Waals surface area (Å²) in [6.45, 7) is 2.10. The fourth-order valence-corrected chi connectivity index (χ4v) is 3.21. The second-order valence-electron chi connectivity index (χ2n) is 6.52. The Morgan fingerprint density at radius 1 is 1.19 bits per heavy atom. The quantitative estimate of drug-likeness (QED) is 0.770. The van der Waals surface area contributed by atoms with Gasteiger partial charge in [0.05, 0.1) is 24.8 Å². The van der Waals surface area contributed by atoms with Crippen molar-refractivity contribution in [3.63, 3.8) is 0 Å². The maximum atomic E-state index is 12.6. The standard InChI is InChI=1S/C21H20N2O4/c1-14(19-12-15-6-2-4-8-17(15)27-19)22-20(24)13-23-16-7-3-5-9-18(16)26-11-10-21(23)25/h2-9,12,14H,10-11,13H2,1H3,(H,22,24)/t14-/m0/s1. The summed E-state index contributed by atoms with van der Waals surface area (Å²) in [7, 11) is 0. The van der Waals surface area contributed by atoms with Crippen LogP contribution in [0.15, 0.2) is 59.0 Å². The number of carbonyl (C=O) groups is 2. The van der Waals surface area contributed by atoms with Crippen molar-refractivity contribution in [2.75, 3.05) is 18.1 Å². The average molecular weight is 364 g/mol. The van der Waals surface area contributed by atoms with E-state index in [-0.39, 0.29) is 30.8 Å². The fraction of sp³-hybridized carbons (Fsp3) is 0.238. The predicted octanol–water partition coefficient (Wildman–Crippen LogP) is 3.43. The summed E-state index contributed by atoms with van der Waals surface area (Å²) in [5.41, 5.74) is 1.40. The Balaban J connectivity index is 1.49. The van der Waals surface area contributed by atoms with Gasteiger partial charge in [-0.2, -0.15) is 0 Å². The van der Waals surface area contributed by atoms with Gasteiger partial charge in [-0.1, -0.05) is 30.3 Å². The SMILES string of the molecule is C[C@H](NC(=O)CN1C(=O)CCOc2ccccc21)c1cc2ccccc2o1. The number of rotatable bonds is 4. The Labute approximate surface area is 156 Å². The first-order chi connectivity index (χ1) is 13.1. The first kappa shape index (κ1) is 17.1. The molecule has 2 aromatic carbocycles. The number of furan rings is 1. The van der Waals surface area contributed by atoms with Crippen molar-refractivity contribution in [1.82, 2.24) is 5.32 Å². The topological polar surface area (TPSA) is 71.8 Å². The van der Waals surface area contributed by atoms with Crippen LogP contribution in [-0.2, 0) is 9.59 Å². The van der Waals surface area contributed by atoms with Crippen molar-refractivity contribution in [3.05, 3.63) is 60.4 Å².